The number of nitrogens with one attached hydrogen (secondary N) is 1. The number of urea groups is 1. The molecule has 6 heteroatoms. The molecule has 0 saturated heterocycles. The fourth-order valence-electron chi connectivity index (χ4n) is 3.00. The molecule has 1 aliphatic rings. The zero-order valence-electron chi connectivity index (χ0n) is 13.0. The number of hydrogen-bond donors (Lipinski definition) is 2. The van der Waals surface area contributed by atoms with Crippen molar-refractivity contribution in [3.8, 4) is 0 Å². The summed E-state index contributed by atoms with van der Waals surface area (Å²) in [4.78, 5) is 25.8. The van der Waals surface area contributed by atoms with Crippen LogP contribution in [0.5, 0.6) is 0 Å². The van der Waals surface area contributed by atoms with Crippen LogP contribution in [0.2, 0.25) is 5.02 Å². The summed E-state index contributed by atoms with van der Waals surface area (Å²) >= 11 is 5.90. The molecular weight excluding hydrogens is 326 g/mol. The summed E-state index contributed by atoms with van der Waals surface area (Å²) in [5.74, 6) is -0.0475. The lowest BCUT2D eigenvalue weighted by Crippen LogP contribution is -2.38. The van der Waals surface area contributed by atoms with E-state index in [2.05, 4.69) is 5.32 Å². The molecule has 124 valence electrons. The van der Waals surface area contributed by atoms with E-state index in [1.165, 1.54) is 0 Å². The van der Waals surface area contributed by atoms with Gasteiger partial charge in [-0.15, -0.1) is 0 Å². The second-order valence-electron chi connectivity index (χ2n) is 5.74. The van der Waals surface area contributed by atoms with E-state index in [4.69, 9.17) is 17.3 Å². The summed E-state index contributed by atoms with van der Waals surface area (Å²) in [5.41, 5.74) is 8.16. The van der Waals surface area contributed by atoms with Crippen LogP contribution in [0.3, 0.4) is 0 Å². The lowest BCUT2D eigenvalue weighted by molar-refractivity contribution is -0.119. The Balaban J connectivity index is 1.79. The maximum Gasteiger partial charge on any atom is 0.312 e. The number of nitrogens with zero attached hydrogens (tertiary/aromatic N) is 1. The summed E-state index contributed by atoms with van der Waals surface area (Å²) in [7, 11) is 0. The molecule has 0 radical (unpaired) electrons. The van der Waals surface area contributed by atoms with Crippen LogP contribution in [0.15, 0.2) is 48.5 Å². The van der Waals surface area contributed by atoms with Gasteiger partial charge in [0.2, 0.25) is 5.91 Å². The molecule has 0 fully saturated rings. The molecule has 1 atom stereocenters. The van der Waals surface area contributed by atoms with Crippen molar-refractivity contribution >= 4 is 29.2 Å². The zero-order valence-corrected chi connectivity index (χ0v) is 13.8. The van der Waals surface area contributed by atoms with Gasteiger partial charge >= 0.3 is 6.03 Å². The Morgan fingerprint density at radius 2 is 1.88 bits per heavy atom. The highest BCUT2D eigenvalue weighted by Gasteiger charge is 2.27. The molecule has 0 unspecified atom stereocenters. The third-order valence-electron chi connectivity index (χ3n) is 4.16. The molecular formula is C18H18ClN3O2. The smallest absolute Gasteiger partial charge is 0.312 e. The minimum absolute atomic E-state index is 0.0475. The summed E-state index contributed by atoms with van der Waals surface area (Å²) in [6.45, 7) is 0.655. The zero-order chi connectivity index (χ0) is 17.1. The Kier molecular flexibility index (Phi) is 4.71. The molecule has 5 nitrogen and oxygen atoms in total. The molecule has 3 rings (SSSR count). The fourth-order valence-corrected chi connectivity index (χ4v) is 3.13. The van der Waals surface area contributed by atoms with E-state index in [-0.39, 0.29) is 12.3 Å². The topological polar surface area (TPSA) is 75.4 Å². The predicted molar refractivity (Wildman–Crippen MR) is 94.0 cm³/mol. The molecule has 0 aliphatic carbocycles. The van der Waals surface area contributed by atoms with Gasteiger partial charge in [0.1, 0.15) is 0 Å². The Hall–Kier alpha value is -2.53. The number of hydrogen-bond acceptors (Lipinski definition) is 2. The molecule has 1 aliphatic heterocycles. The van der Waals surface area contributed by atoms with Crippen LogP contribution in [0.25, 0.3) is 0 Å². The Morgan fingerprint density at radius 3 is 2.58 bits per heavy atom. The van der Waals surface area contributed by atoms with E-state index < -0.39 is 12.1 Å². The van der Waals surface area contributed by atoms with Crippen molar-refractivity contribution in [1.29, 1.82) is 0 Å². The number of benzene rings is 2. The van der Waals surface area contributed by atoms with Crippen molar-refractivity contribution in [2.75, 3.05) is 11.4 Å². The SMILES string of the molecule is NC(=O)N[C@@H](CC(=O)N1CCc2ccccc21)c1ccc(Cl)cc1. The Bertz CT molecular complexity index is 761. The summed E-state index contributed by atoms with van der Waals surface area (Å²) in [5, 5.41) is 3.24. The molecule has 24 heavy (non-hydrogen) atoms. The minimum Gasteiger partial charge on any atom is -0.352 e. The van der Waals surface area contributed by atoms with Crippen LogP contribution >= 0.6 is 11.6 Å². The van der Waals surface area contributed by atoms with Gasteiger partial charge in [-0.05, 0) is 35.7 Å². The van der Waals surface area contributed by atoms with E-state index in [9.17, 15) is 9.59 Å². The number of fused-ring (bicyclic) bond motifs is 1. The lowest BCUT2D eigenvalue weighted by atomic mass is 10.0. The van der Waals surface area contributed by atoms with E-state index in [1.807, 2.05) is 24.3 Å². The maximum atomic E-state index is 12.7. The maximum absolute atomic E-state index is 12.7. The van der Waals surface area contributed by atoms with Gasteiger partial charge in [-0.1, -0.05) is 41.9 Å². The van der Waals surface area contributed by atoms with Gasteiger partial charge in [0.15, 0.2) is 0 Å². The summed E-state index contributed by atoms with van der Waals surface area (Å²) in [6, 6.07) is 13.7. The first-order chi connectivity index (χ1) is 11.5. The van der Waals surface area contributed by atoms with Gasteiger partial charge < -0.3 is 16.0 Å². The first-order valence-corrected chi connectivity index (χ1v) is 8.12. The van der Waals surface area contributed by atoms with E-state index in [0.29, 0.717) is 11.6 Å². The van der Waals surface area contributed by atoms with Crippen LogP contribution in [0, 0.1) is 0 Å². The molecule has 0 bridgehead atoms. The van der Waals surface area contributed by atoms with Gasteiger partial charge in [0.05, 0.1) is 12.5 Å². The Morgan fingerprint density at radius 1 is 1.17 bits per heavy atom. The van der Waals surface area contributed by atoms with Crippen LogP contribution in [-0.2, 0) is 11.2 Å². The molecule has 3 amide bonds. The monoisotopic (exact) mass is 343 g/mol. The first-order valence-electron chi connectivity index (χ1n) is 7.74. The second-order valence-corrected chi connectivity index (χ2v) is 6.18. The third-order valence-corrected chi connectivity index (χ3v) is 4.41. The van der Waals surface area contributed by atoms with Gasteiger partial charge in [-0.2, -0.15) is 0 Å². The standard InChI is InChI=1S/C18H18ClN3O2/c19-14-7-5-12(6-8-14)15(21-18(20)24)11-17(23)22-10-9-13-3-1-2-4-16(13)22/h1-8,15H,9-11H2,(H3,20,21,24)/t15-/m0/s1. The summed E-state index contributed by atoms with van der Waals surface area (Å²) < 4.78 is 0. The summed E-state index contributed by atoms with van der Waals surface area (Å²) in [6.07, 6.45) is 0.982. The number of halogens is 1. The van der Waals surface area contributed by atoms with Crippen molar-refractivity contribution in [2.24, 2.45) is 5.73 Å². The number of primary amides is 1. The quantitative estimate of drug-likeness (QED) is 0.895. The van der Waals surface area contributed by atoms with Crippen LogP contribution < -0.4 is 16.0 Å². The molecule has 2 aromatic carbocycles. The molecule has 0 saturated carbocycles. The highest BCUT2D eigenvalue weighted by Crippen LogP contribution is 2.29. The Labute approximate surface area is 145 Å². The number of rotatable bonds is 4. The predicted octanol–water partition coefficient (Wildman–Crippen LogP) is 3.03. The van der Waals surface area contributed by atoms with Crippen LogP contribution in [0.1, 0.15) is 23.6 Å². The molecule has 0 spiro atoms. The van der Waals surface area contributed by atoms with Gasteiger partial charge in [0, 0.05) is 17.3 Å². The number of anilines is 1. The second kappa shape index (κ2) is 6.93. The number of carbonyl (C=O) groups is 2. The molecule has 3 N–H and O–H groups in total. The molecule has 2 aromatic rings. The van der Waals surface area contributed by atoms with Crippen LogP contribution in [-0.4, -0.2) is 18.5 Å². The van der Waals surface area contributed by atoms with Gasteiger partial charge in [-0.25, -0.2) is 4.79 Å². The van der Waals surface area contributed by atoms with E-state index in [1.54, 1.807) is 29.2 Å². The van der Waals surface area contributed by atoms with E-state index in [0.717, 1.165) is 23.2 Å². The third kappa shape index (κ3) is 3.51. The van der Waals surface area contributed by atoms with Crippen molar-refractivity contribution in [2.45, 2.75) is 18.9 Å². The van der Waals surface area contributed by atoms with Crippen molar-refractivity contribution in [3.05, 3.63) is 64.7 Å². The molecule has 0 aromatic heterocycles. The van der Waals surface area contributed by atoms with Crippen molar-refractivity contribution in [3.63, 3.8) is 0 Å². The number of nitrogens with two attached hydrogens (primary N) is 1. The average Bonchev–Trinajstić information content (AvgIpc) is 2.98. The van der Waals surface area contributed by atoms with Gasteiger partial charge in [0.25, 0.3) is 0 Å². The van der Waals surface area contributed by atoms with Crippen molar-refractivity contribution < 1.29 is 9.59 Å². The lowest BCUT2D eigenvalue weighted by Gasteiger charge is -2.22. The van der Waals surface area contributed by atoms with E-state index >= 15 is 0 Å². The minimum atomic E-state index is -0.662. The largest absolute Gasteiger partial charge is 0.352 e. The average molecular weight is 344 g/mol. The highest BCUT2D eigenvalue weighted by atomic mass is 35.5. The molecule has 1 heterocycles. The number of para-hydroxylation sites is 1. The fraction of sp³-hybridized carbons (Fsp3) is 0.222. The van der Waals surface area contributed by atoms with Crippen LogP contribution in [0.4, 0.5) is 10.5 Å². The first kappa shape index (κ1) is 16.3. The van der Waals surface area contributed by atoms with Gasteiger partial charge in [-0.3, -0.25) is 4.79 Å². The normalized spacial score (nSPS) is 14.1. The highest BCUT2D eigenvalue weighted by molar-refractivity contribution is 6.30. The number of carbonyl (C=O) groups excluding carboxylic acids is 2. The van der Waals surface area contributed by atoms with Crippen molar-refractivity contribution in [1.82, 2.24) is 5.32 Å². The number of amides is 3.